The molecule has 106 valence electrons. The van der Waals surface area contributed by atoms with Gasteiger partial charge in [0.1, 0.15) is 5.01 Å². The van der Waals surface area contributed by atoms with Crippen LogP contribution in [0.1, 0.15) is 51.0 Å². The summed E-state index contributed by atoms with van der Waals surface area (Å²) in [6.45, 7) is 6.34. The van der Waals surface area contributed by atoms with Crippen LogP contribution in [-0.4, -0.2) is 28.7 Å². The number of carbonyl (C=O) groups is 2. The van der Waals surface area contributed by atoms with Gasteiger partial charge in [0.05, 0.1) is 13.0 Å². The van der Waals surface area contributed by atoms with Gasteiger partial charge in [-0.3, -0.25) is 9.59 Å². The predicted molar refractivity (Wildman–Crippen MR) is 73.1 cm³/mol. The van der Waals surface area contributed by atoms with E-state index in [9.17, 15) is 9.59 Å². The van der Waals surface area contributed by atoms with E-state index < -0.39 is 0 Å². The highest BCUT2D eigenvalue weighted by Gasteiger charge is 2.12. The number of carbonyl (C=O) groups excluding carboxylic acids is 2. The molecule has 1 amide bonds. The summed E-state index contributed by atoms with van der Waals surface area (Å²) in [7, 11) is 0. The molecule has 0 aliphatic heterocycles. The Bertz CT molecular complexity index is 432. The first kappa shape index (κ1) is 15.6. The molecule has 7 heteroatoms. The molecule has 0 aliphatic rings. The van der Waals surface area contributed by atoms with Crippen LogP contribution in [0.4, 0.5) is 5.13 Å². The summed E-state index contributed by atoms with van der Waals surface area (Å²) in [5, 5.41) is 11.8. The minimum atomic E-state index is -0.350. The minimum Gasteiger partial charge on any atom is -0.466 e. The van der Waals surface area contributed by atoms with Gasteiger partial charge >= 0.3 is 5.97 Å². The molecule has 19 heavy (non-hydrogen) atoms. The fourth-order valence-electron chi connectivity index (χ4n) is 1.20. The highest BCUT2D eigenvalue weighted by Crippen LogP contribution is 2.22. The van der Waals surface area contributed by atoms with Crippen LogP contribution >= 0.6 is 11.3 Å². The average Bonchev–Trinajstić information content (AvgIpc) is 2.82. The van der Waals surface area contributed by atoms with Gasteiger partial charge in [0.15, 0.2) is 0 Å². The van der Waals surface area contributed by atoms with Crippen LogP contribution in [0.2, 0.25) is 0 Å². The molecule has 0 aliphatic carbocycles. The molecule has 1 aromatic heterocycles. The van der Waals surface area contributed by atoms with Crippen LogP contribution in [-0.2, 0) is 14.3 Å². The van der Waals surface area contributed by atoms with Crippen LogP contribution in [0.15, 0.2) is 0 Å². The number of nitrogens with zero attached hydrogens (tertiary/aromatic N) is 2. The van der Waals surface area contributed by atoms with Gasteiger partial charge < -0.3 is 10.1 Å². The van der Waals surface area contributed by atoms with Crippen LogP contribution in [0.25, 0.3) is 0 Å². The molecule has 0 saturated carbocycles. The molecule has 0 bridgehead atoms. The lowest BCUT2D eigenvalue weighted by Gasteiger charge is -2.02. The minimum absolute atomic E-state index is 0.0850. The smallest absolute Gasteiger partial charge is 0.306 e. The molecule has 0 fully saturated rings. The number of rotatable bonds is 7. The maximum atomic E-state index is 11.6. The van der Waals surface area contributed by atoms with E-state index in [0.717, 1.165) is 11.4 Å². The third-order valence-electron chi connectivity index (χ3n) is 2.20. The van der Waals surface area contributed by atoms with Crippen LogP contribution in [0.3, 0.4) is 0 Å². The van der Waals surface area contributed by atoms with E-state index in [1.54, 1.807) is 0 Å². The summed E-state index contributed by atoms with van der Waals surface area (Å²) < 4.78 is 4.88. The Hall–Kier alpha value is -1.50. The quantitative estimate of drug-likeness (QED) is 0.778. The van der Waals surface area contributed by atoms with Crippen LogP contribution in [0, 0.1) is 0 Å². The topological polar surface area (TPSA) is 81.2 Å². The van der Waals surface area contributed by atoms with E-state index in [1.807, 2.05) is 20.8 Å². The van der Waals surface area contributed by atoms with Crippen molar-refractivity contribution in [3.8, 4) is 0 Å². The van der Waals surface area contributed by atoms with Crippen molar-refractivity contribution in [2.24, 2.45) is 0 Å². The zero-order chi connectivity index (χ0) is 14.3. The molecule has 0 unspecified atom stereocenters. The number of hydrogen-bond acceptors (Lipinski definition) is 6. The van der Waals surface area contributed by atoms with E-state index in [4.69, 9.17) is 4.74 Å². The molecule has 1 rings (SSSR count). The summed E-state index contributed by atoms with van der Waals surface area (Å²) in [6, 6.07) is 0. The van der Waals surface area contributed by atoms with Gasteiger partial charge in [0, 0.05) is 12.3 Å². The maximum Gasteiger partial charge on any atom is 0.306 e. The third kappa shape index (κ3) is 5.78. The molecular formula is C12H19N3O3S. The second-order valence-corrected chi connectivity index (χ2v) is 5.38. The van der Waals surface area contributed by atoms with Crippen molar-refractivity contribution in [1.29, 1.82) is 0 Å². The highest BCUT2D eigenvalue weighted by atomic mass is 32.1. The Kier molecular flexibility index (Phi) is 6.41. The van der Waals surface area contributed by atoms with Crippen molar-refractivity contribution < 1.29 is 14.3 Å². The largest absolute Gasteiger partial charge is 0.466 e. The fraction of sp³-hybridized carbons (Fsp3) is 0.667. The third-order valence-corrected chi connectivity index (χ3v) is 3.34. The summed E-state index contributed by atoms with van der Waals surface area (Å²) in [4.78, 5) is 22.8. The second kappa shape index (κ2) is 7.83. The van der Waals surface area contributed by atoms with E-state index in [2.05, 4.69) is 15.5 Å². The molecule has 1 aromatic rings. The van der Waals surface area contributed by atoms with Crippen molar-refractivity contribution in [1.82, 2.24) is 10.2 Å². The van der Waals surface area contributed by atoms with Gasteiger partial charge in [0.2, 0.25) is 11.0 Å². The van der Waals surface area contributed by atoms with Crippen LogP contribution < -0.4 is 5.32 Å². The Morgan fingerprint density at radius 2 is 2.05 bits per heavy atom. The SMILES string of the molecule is CCCOC(=O)CCC(=O)Nc1nnc(C(C)C)s1. The number of esters is 1. The van der Waals surface area contributed by atoms with Crippen molar-refractivity contribution in [3.05, 3.63) is 5.01 Å². The number of anilines is 1. The Balaban J connectivity index is 2.32. The van der Waals surface area contributed by atoms with Crippen LogP contribution in [0.5, 0.6) is 0 Å². The number of ether oxygens (including phenoxy) is 1. The monoisotopic (exact) mass is 285 g/mol. The average molecular weight is 285 g/mol. The number of nitrogens with one attached hydrogen (secondary N) is 1. The lowest BCUT2D eigenvalue weighted by Crippen LogP contribution is -2.14. The maximum absolute atomic E-state index is 11.6. The molecule has 1 N–H and O–H groups in total. The normalized spacial score (nSPS) is 10.5. The molecule has 6 nitrogen and oxygen atoms in total. The Labute approximate surface area is 116 Å². The number of aromatic nitrogens is 2. The summed E-state index contributed by atoms with van der Waals surface area (Å²) in [6.07, 6.45) is 0.960. The molecule has 0 saturated heterocycles. The predicted octanol–water partition coefficient (Wildman–Crippen LogP) is 2.33. The molecule has 0 aromatic carbocycles. The first-order valence-corrected chi connectivity index (χ1v) is 7.13. The lowest BCUT2D eigenvalue weighted by atomic mass is 10.2. The summed E-state index contributed by atoms with van der Waals surface area (Å²) in [5.74, 6) is -0.316. The van der Waals surface area contributed by atoms with Gasteiger partial charge in [0.25, 0.3) is 0 Å². The number of amides is 1. The molecule has 1 heterocycles. The molecular weight excluding hydrogens is 266 g/mol. The van der Waals surface area contributed by atoms with Crippen molar-refractivity contribution in [2.75, 3.05) is 11.9 Å². The zero-order valence-electron chi connectivity index (χ0n) is 11.4. The van der Waals surface area contributed by atoms with Gasteiger partial charge in [-0.1, -0.05) is 32.1 Å². The first-order valence-electron chi connectivity index (χ1n) is 6.31. The van der Waals surface area contributed by atoms with E-state index in [-0.39, 0.29) is 30.6 Å². The second-order valence-electron chi connectivity index (χ2n) is 4.37. The van der Waals surface area contributed by atoms with Crippen molar-refractivity contribution in [3.63, 3.8) is 0 Å². The first-order chi connectivity index (χ1) is 9.02. The number of hydrogen-bond donors (Lipinski definition) is 1. The Morgan fingerprint density at radius 1 is 1.32 bits per heavy atom. The van der Waals surface area contributed by atoms with Gasteiger partial charge in [-0.15, -0.1) is 10.2 Å². The fourth-order valence-corrected chi connectivity index (χ4v) is 1.97. The van der Waals surface area contributed by atoms with E-state index in [1.165, 1.54) is 11.3 Å². The molecule has 0 atom stereocenters. The summed E-state index contributed by atoms with van der Waals surface area (Å²) >= 11 is 1.35. The lowest BCUT2D eigenvalue weighted by molar-refractivity contribution is -0.144. The van der Waals surface area contributed by atoms with E-state index >= 15 is 0 Å². The highest BCUT2D eigenvalue weighted by molar-refractivity contribution is 7.15. The molecule has 0 spiro atoms. The van der Waals surface area contributed by atoms with Gasteiger partial charge in [-0.25, -0.2) is 0 Å². The van der Waals surface area contributed by atoms with Gasteiger partial charge in [-0.2, -0.15) is 0 Å². The summed E-state index contributed by atoms with van der Waals surface area (Å²) in [5.41, 5.74) is 0. The standard InChI is InChI=1S/C12H19N3O3S/c1-4-7-18-10(17)6-5-9(16)13-12-15-14-11(19-12)8(2)3/h8H,4-7H2,1-3H3,(H,13,15,16). The Morgan fingerprint density at radius 3 is 2.63 bits per heavy atom. The molecule has 0 radical (unpaired) electrons. The van der Waals surface area contributed by atoms with Crippen molar-refractivity contribution >= 4 is 28.3 Å². The zero-order valence-corrected chi connectivity index (χ0v) is 12.2. The van der Waals surface area contributed by atoms with Gasteiger partial charge in [-0.05, 0) is 6.42 Å². The van der Waals surface area contributed by atoms with E-state index in [0.29, 0.717) is 11.7 Å². The van der Waals surface area contributed by atoms with Crippen molar-refractivity contribution in [2.45, 2.75) is 46.0 Å².